The van der Waals surface area contributed by atoms with Crippen LogP contribution in [0.1, 0.15) is 28.8 Å². The van der Waals surface area contributed by atoms with Crippen LogP contribution in [0.5, 0.6) is 0 Å². The number of likely N-dealkylation sites (N-methyl/N-ethyl adjacent to an activating group) is 1. The van der Waals surface area contributed by atoms with Crippen LogP contribution in [0.4, 0.5) is 5.69 Å². The molecular formula is C18H17ClN2O2. The van der Waals surface area contributed by atoms with Gasteiger partial charge in [0.15, 0.2) is 0 Å². The van der Waals surface area contributed by atoms with Gasteiger partial charge in [0, 0.05) is 23.3 Å². The molecular weight excluding hydrogens is 312 g/mol. The zero-order valence-electron chi connectivity index (χ0n) is 12.7. The van der Waals surface area contributed by atoms with Gasteiger partial charge >= 0.3 is 0 Å². The van der Waals surface area contributed by atoms with Crippen molar-refractivity contribution in [2.75, 3.05) is 12.4 Å². The third-order valence-corrected chi connectivity index (χ3v) is 4.43. The molecule has 0 aliphatic heterocycles. The summed E-state index contributed by atoms with van der Waals surface area (Å²) in [4.78, 5) is 24.2. The third kappa shape index (κ3) is 3.08. The van der Waals surface area contributed by atoms with Gasteiger partial charge < -0.3 is 10.6 Å². The molecule has 5 heteroatoms. The lowest BCUT2D eigenvalue weighted by atomic mass is 9.95. The number of nitrogens with one attached hydrogen (secondary N) is 2. The number of amides is 2. The molecule has 118 valence electrons. The lowest BCUT2D eigenvalue weighted by molar-refractivity contribution is -0.123. The molecule has 1 aliphatic rings. The minimum atomic E-state index is -0.385. The van der Waals surface area contributed by atoms with Crippen molar-refractivity contribution < 1.29 is 9.59 Å². The van der Waals surface area contributed by atoms with E-state index in [1.165, 1.54) is 0 Å². The summed E-state index contributed by atoms with van der Waals surface area (Å²) in [5, 5.41) is 6.07. The van der Waals surface area contributed by atoms with E-state index in [1.807, 2.05) is 24.3 Å². The minimum Gasteiger partial charge on any atom is -0.358 e. The lowest BCUT2D eigenvalue weighted by Crippen LogP contribution is -2.31. The summed E-state index contributed by atoms with van der Waals surface area (Å²) in [5.74, 6) is -0.166. The van der Waals surface area contributed by atoms with Crippen molar-refractivity contribution in [2.45, 2.75) is 18.3 Å². The highest BCUT2D eigenvalue weighted by Gasteiger charge is 2.50. The number of halogens is 1. The van der Waals surface area contributed by atoms with Crippen LogP contribution in [0.2, 0.25) is 5.02 Å². The van der Waals surface area contributed by atoms with Crippen LogP contribution < -0.4 is 10.6 Å². The molecule has 0 unspecified atom stereocenters. The van der Waals surface area contributed by atoms with Gasteiger partial charge in [0.2, 0.25) is 5.91 Å². The van der Waals surface area contributed by atoms with E-state index in [1.54, 1.807) is 31.3 Å². The molecule has 23 heavy (non-hydrogen) atoms. The van der Waals surface area contributed by atoms with E-state index in [4.69, 9.17) is 11.6 Å². The first kappa shape index (κ1) is 15.6. The molecule has 3 rings (SSSR count). The van der Waals surface area contributed by atoms with Crippen LogP contribution in [-0.4, -0.2) is 18.9 Å². The molecule has 0 spiro atoms. The fraction of sp³-hybridized carbons (Fsp3) is 0.222. The average molecular weight is 329 g/mol. The van der Waals surface area contributed by atoms with Crippen LogP contribution in [0.25, 0.3) is 0 Å². The van der Waals surface area contributed by atoms with Gasteiger partial charge in [-0.3, -0.25) is 9.59 Å². The van der Waals surface area contributed by atoms with E-state index in [2.05, 4.69) is 10.6 Å². The van der Waals surface area contributed by atoms with Crippen molar-refractivity contribution >= 4 is 29.1 Å². The maximum atomic E-state index is 12.2. The Bertz CT molecular complexity index is 752. The van der Waals surface area contributed by atoms with Crippen LogP contribution in [0.3, 0.4) is 0 Å². The molecule has 0 bridgehead atoms. The maximum Gasteiger partial charge on any atom is 0.255 e. The summed E-state index contributed by atoms with van der Waals surface area (Å²) in [6, 6.07) is 14.2. The van der Waals surface area contributed by atoms with Crippen molar-refractivity contribution in [3.05, 3.63) is 64.7 Å². The number of benzene rings is 2. The van der Waals surface area contributed by atoms with Gasteiger partial charge in [0.25, 0.3) is 5.91 Å². The average Bonchev–Trinajstić information content (AvgIpc) is 3.36. The van der Waals surface area contributed by atoms with E-state index in [-0.39, 0.29) is 17.2 Å². The fourth-order valence-corrected chi connectivity index (χ4v) is 2.91. The van der Waals surface area contributed by atoms with Gasteiger partial charge in [-0.2, -0.15) is 0 Å². The monoisotopic (exact) mass is 328 g/mol. The molecule has 0 saturated heterocycles. The van der Waals surface area contributed by atoms with E-state index in [0.29, 0.717) is 16.3 Å². The quantitative estimate of drug-likeness (QED) is 0.904. The highest BCUT2D eigenvalue weighted by molar-refractivity contribution is 6.31. The second-order valence-electron chi connectivity index (χ2n) is 5.70. The maximum absolute atomic E-state index is 12.2. The zero-order valence-corrected chi connectivity index (χ0v) is 13.5. The zero-order chi connectivity index (χ0) is 16.4. The predicted molar refractivity (Wildman–Crippen MR) is 90.8 cm³/mol. The SMILES string of the molecule is CNC(=O)C1(c2ccc(NC(=O)c3cccc(Cl)c3)cc2)CC1. The summed E-state index contributed by atoms with van der Waals surface area (Å²) >= 11 is 5.90. The number of carbonyl (C=O) groups excluding carboxylic acids is 2. The van der Waals surface area contributed by atoms with Gasteiger partial charge in [-0.1, -0.05) is 29.8 Å². The molecule has 2 aromatic rings. The Morgan fingerprint density at radius 3 is 2.35 bits per heavy atom. The highest BCUT2D eigenvalue weighted by atomic mass is 35.5. The highest BCUT2D eigenvalue weighted by Crippen LogP contribution is 2.48. The predicted octanol–water partition coefficient (Wildman–Crippen LogP) is 3.37. The van der Waals surface area contributed by atoms with Crippen molar-refractivity contribution in [1.82, 2.24) is 5.32 Å². The lowest BCUT2D eigenvalue weighted by Gasteiger charge is -2.14. The van der Waals surface area contributed by atoms with Gasteiger partial charge in [-0.15, -0.1) is 0 Å². The Morgan fingerprint density at radius 2 is 1.78 bits per heavy atom. The summed E-state index contributed by atoms with van der Waals surface area (Å²) in [5.41, 5.74) is 1.79. The summed E-state index contributed by atoms with van der Waals surface area (Å²) in [6.07, 6.45) is 1.72. The van der Waals surface area contributed by atoms with Crippen molar-refractivity contribution in [2.24, 2.45) is 0 Å². The summed E-state index contributed by atoms with van der Waals surface area (Å²) in [6.45, 7) is 0. The van der Waals surface area contributed by atoms with E-state index >= 15 is 0 Å². The first-order valence-electron chi connectivity index (χ1n) is 7.45. The molecule has 2 aromatic carbocycles. The molecule has 1 aliphatic carbocycles. The summed E-state index contributed by atoms with van der Waals surface area (Å²) in [7, 11) is 1.65. The van der Waals surface area contributed by atoms with E-state index in [9.17, 15) is 9.59 Å². The largest absolute Gasteiger partial charge is 0.358 e. The second-order valence-corrected chi connectivity index (χ2v) is 6.14. The van der Waals surface area contributed by atoms with Crippen LogP contribution in [0.15, 0.2) is 48.5 Å². The van der Waals surface area contributed by atoms with Crippen molar-refractivity contribution in [1.29, 1.82) is 0 Å². The Labute approximate surface area is 139 Å². The Balaban J connectivity index is 1.73. The molecule has 2 N–H and O–H groups in total. The number of anilines is 1. The van der Waals surface area contributed by atoms with Gasteiger partial charge in [-0.25, -0.2) is 0 Å². The Morgan fingerprint density at radius 1 is 1.09 bits per heavy atom. The number of hydrogen-bond acceptors (Lipinski definition) is 2. The number of rotatable bonds is 4. The topological polar surface area (TPSA) is 58.2 Å². The normalized spacial score (nSPS) is 14.9. The van der Waals surface area contributed by atoms with Crippen LogP contribution >= 0.6 is 11.6 Å². The first-order chi connectivity index (χ1) is 11.0. The number of carbonyl (C=O) groups is 2. The molecule has 1 saturated carbocycles. The third-order valence-electron chi connectivity index (χ3n) is 4.19. The smallest absolute Gasteiger partial charge is 0.255 e. The minimum absolute atomic E-state index is 0.0493. The standard InChI is InChI=1S/C18H17ClN2O2/c1-20-17(23)18(9-10-18)13-5-7-15(8-6-13)21-16(22)12-3-2-4-14(19)11-12/h2-8,11H,9-10H2,1H3,(H,20,23)(H,21,22). The molecule has 0 atom stereocenters. The number of hydrogen-bond donors (Lipinski definition) is 2. The molecule has 4 nitrogen and oxygen atoms in total. The van der Waals surface area contributed by atoms with Crippen molar-refractivity contribution in [3.8, 4) is 0 Å². The van der Waals surface area contributed by atoms with Crippen LogP contribution in [0, 0.1) is 0 Å². The Hall–Kier alpha value is -2.33. The molecule has 1 fully saturated rings. The van der Waals surface area contributed by atoms with Gasteiger partial charge in [-0.05, 0) is 48.7 Å². The molecule has 0 radical (unpaired) electrons. The van der Waals surface area contributed by atoms with Gasteiger partial charge in [0.05, 0.1) is 5.41 Å². The molecule has 0 aromatic heterocycles. The van der Waals surface area contributed by atoms with Gasteiger partial charge in [0.1, 0.15) is 0 Å². The fourth-order valence-electron chi connectivity index (χ4n) is 2.72. The Kier molecular flexibility index (Phi) is 4.09. The molecule has 2 amide bonds. The van der Waals surface area contributed by atoms with E-state index < -0.39 is 0 Å². The van der Waals surface area contributed by atoms with E-state index in [0.717, 1.165) is 18.4 Å². The van der Waals surface area contributed by atoms with Crippen LogP contribution in [-0.2, 0) is 10.2 Å². The molecule has 0 heterocycles. The van der Waals surface area contributed by atoms with Crippen molar-refractivity contribution in [3.63, 3.8) is 0 Å². The second kappa shape index (κ2) is 6.05. The first-order valence-corrected chi connectivity index (χ1v) is 7.83. The summed E-state index contributed by atoms with van der Waals surface area (Å²) < 4.78 is 0.